The number of rotatable bonds is 2. The average Bonchev–Trinajstić information content (AvgIpc) is 2.46. The Morgan fingerprint density at radius 3 is 2.73 bits per heavy atom. The van der Waals surface area contributed by atoms with E-state index in [2.05, 4.69) is 4.98 Å². The Morgan fingerprint density at radius 2 is 2.00 bits per heavy atom. The molecule has 0 amide bonds. The van der Waals surface area contributed by atoms with Gasteiger partial charge in [0, 0.05) is 12.4 Å². The molecule has 22 heavy (non-hydrogen) atoms. The van der Waals surface area contributed by atoms with Gasteiger partial charge in [-0.15, -0.1) is 0 Å². The van der Waals surface area contributed by atoms with Crippen molar-refractivity contribution < 1.29 is 4.79 Å². The van der Waals surface area contributed by atoms with Gasteiger partial charge in [-0.25, -0.2) is 4.98 Å². The van der Waals surface area contributed by atoms with Crippen LogP contribution in [0.1, 0.15) is 21.5 Å². The van der Waals surface area contributed by atoms with Gasteiger partial charge in [-0.3, -0.25) is 14.2 Å². The SMILES string of the molecule is Cc1cc(C)c2c(=O)n(-c3ccnc(Cl)c3C=O)ccc2c1. The number of benzene rings is 1. The fourth-order valence-corrected chi connectivity index (χ4v) is 2.91. The van der Waals surface area contributed by atoms with Crippen LogP contribution in [-0.4, -0.2) is 15.8 Å². The summed E-state index contributed by atoms with van der Waals surface area (Å²) in [6, 6.07) is 7.40. The molecule has 1 aromatic carbocycles. The number of nitrogens with zero attached hydrogens (tertiary/aromatic N) is 2. The average molecular weight is 313 g/mol. The lowest BCUT2D eigenvalue weighted by molar-refractivity contribution is 0.112. The molecule has 0 atom stereocenters. The summed E-state index contributed by atoms with van der Waals surface area (Å²) in [6.07, 6.45) is 3.74. The highest BCUT2D eigenvalue weighted by molar-refractivity contribution is 6.32. The number of hydrogen-bond acceptors (Lipinski definition) is 3. The summed E-state index contributed by atoms with van der Waals surface area (Å²) in [6.45, 7) is 3.90. The minimum atomic E-state index is -0.180. The molecule has 0 saturated carbocycles. The molecule has 110 valence electrons. The molecule has 0 aliphatic heterocycles. The molecule has 0 radical (unpaired) electrons. The van der Waals surface area contributed by atoms with Crippen molar-refractivity contribution in [3.8, 4) is 5.69 Å². The lowest BCUT2D eigenvalue weighted by atomic mass is 10.0. The third-order valence-electron chi connectivity index (χ3n) is 3.64. The first-order valence-electron chi connectivity index (χ1n) is 6.75. The van der Waals surface area contributed by atoms with E-state index in [1.807, 2.05) is 32.0 Å². The van der Waals surface area contributed by atoms with Crippen molar-refractivity contribution in [2.75, 3.05) is 0 Å². The van der Waals surface area contributed by atoms with Gasteiger partial charge in [0.1, 0.15) is 5.15 Å². The molecule has 0 spiro atoms. The van der Waals surface area contributed by atoms with Crippen molar-refractivity contribution in [1.82, 2.24) is 9.55 Å². The van der Waals surface area contributed by atoms with Crippen LogP contribution in [0.25, 0.3) is 16.5 Å². The van der Waals surface area contributed by atoms with Gasteiger partial charge < -0.3 is 0 Å². The molecule has 0 unspecified atom stereocenters. The van der Waals surface area contributed by atoms with Crippen LogP contribution in [0.2, 0.25) is 5.15 Å². The largest absolute Gasteiger partial charge is 0.298 e. The van der Waals surface area contributed by atoms with Crippen LogP contribution in [-0.2, 0) is 0 Å². The van der Waals surface area contributed by atoms with Crippen molar-refractivity contribution in [1.29, 1.82) is 0 Å². The molecule has 3 rings (SSSR count). The maximum Gasteiger partial charge on any atom is 0.263 e. The van der Waals surface area contributed by atoms with Crippen LogP contribution < -0.4 is 5.56 Å². The van der Waals surface area contributed by atoms with Crippen LogP contribution >= 0.6 is 11.6 Å². The Morgan fingerprint density at radius 1 is 1.23 bits per heavy atom. The predicted molar refractivity (Wildman–Crippen MR) is 87.2 cm³/mol. The molecule has 2 aromatic heterocycles. The number of carbonyl (C=O) groups excluding carboxylic acids is 1. The molecular weight excluding hydrogens is 300 g/mol. The Kier molecular flexibility index (Phi) is 3.54. The number of aromatic nitrogens is 2. The van der Waals surface area contributed by atoms with E-state index in [4.69, 9.17) is 11.6 Å². The number of aldehydes is 1. The molecule has 3 aromatic rings. The number of carbonyl (C=O) groups is 1. The first kappa shape index (κ1) is 14.5. The van der Waals surface area contributed by atoms with Crippen LogP contribution in [0.5, 0.6) is 0 Å². The summed E-state index contributed by atoms with van der Waals surface area (Å²) in [5.74, 6) is 0. The second-order valence-corrected chi connectivity index (χ2v) is 5.55. The van der Waals surface area contributed by atoms with Crippen LogP contribution in [0.3, 0.4) is 0 Å². The predicted octanol–water partition coefficient (Wildman–Crippen LogP) is 3.47. The number of halogens is 1. The van der Waals surface area contributed by atoms with E-state index in [-0.39, 0.29) is 16.3 Å². The second kappa shape index (κ2) is 5.39. The Labute approximate surface area is 132 Å². The highest BCUT2D eigenvalue weighted by Gasteiger charge is 2.13. The van der Waals surface area contributed by atoms with E-state index in [1.165, 1.54) is 10.8 Å². The highest BCUT2D eigenvalue weighted by atomic mass is 35.5. The molecule has 5 heteroatoms. The summed E-state index contributed by atoms with van der Waals surface area (Å²) in [4.78, 5) is 28.0. The number of fused-ring (bicyclic) bond motifs is 1. The fraction of sp³-hybridized carbons (Fsp3) is 0.118. The van der Waals surface area contributed by atoms with Crippen LogP contribution in [0, 0.1) is 13.8 Å². The molecule has 0 aliphatic carbocycles. The normalized spacial score (nSPS) is 10.9. The van der Waals surface area contributed by atoms with Gasteiger partial charge in [-0.2, -0.15) is 0 Å². The van der Waals surface area contributed by atoms with Crippen molar-refractivity contribution in [2.45, 2.75) is 13.8 Å². The zero-order valence-corrected chi connectivity index (χ0v) is 12.9. The molecule has 4 nitrogen and oxygen atoms in total. The summed E-state index contributed by atoms with van der Waals surface area (Å²) in [5.41, 5.74) is 2.46. The van der Waals surface area contributed by atoms with E-state index in [9.17, 15) is 9.59 Å². The number of pyridine rings is 2. The van der Waals surface area contributed by atoms with Gasteiger partial charge >= 0.3 is 0 Å². The molecule has 0 N–H and O–H groups in total. The van der Waals surface area contributed by atoms with Crippen LogP contribution in [0.4, 0.5) is 0 Å². The van der Waals surface area contributed by atoms with Gasteiger partial charge in [-0.1, -0.05) is 29.3 Å². The van der Waals surface area contributed by atoms with E-state index in [0.717, 1.165) is 16.5 Å². The van der Waals surface area contributed by atoms with Crippen molar-refractivity contribution >= 4 is 28.7 Å². The van der Waals surface area contributed by atoms with Gasteiger partial charge in [0.25, 0.3) is 5.56 Å². The third-order valence-corrected chi connectivity index (χ3v) is 3.94. The Hall–Kier alpha value is -2.46. The minimum Gasteiger partial charge on any atom is -0.298 e. The summed E-state index contributed by atoms with van der Waals surface area (Å²) >= 11 is 5.94. The van der Waals surface area contributed by atoms with Gasteiger partial charge in [0.2, 0.25) is 0 Å². The molecule has 0 bridgehead atoms. The van der Waals surface area contributed by atoms with Gasteiger partial charge in [0.05, 0.1) is 16.6 Å². The van der Waals surface area contributed by atoms with Crippen molar-refractivity contribution in [2.24, 2.45) is 0 Å². The minimum absolute atomic E-state index is 0.0834. The van der Waals surface area contributed by atoms with Gasteiger partial charge in [0.15, 0.2) is 6.29 Å². The van der Waals surface area contributed by atoms with E-state index < -0.39 is 0 Å². The Bertz CT molecular complexity index is 961. The maximum absolute atomic E-state index is 12.8. The molecule has 0 aliphatic rings. The number of aryl methyl sites for hydroxylation is 2. The maximum atomic E-state index is 12.8. The van der Waals surface area contributed by atoms with E-state index >= 15 is 0 Å². The quantitative estimate of drug-likeness (QED) is 0.538. The molecule has 2 heterocycles. The first-order valence-corrected chi connectivity index (χ1v) is 7.13. The first-order chi connectivity index (χ1) is 10.5. The zero-order chi connectivity index (χ0) is 15.9. The Balaban J connectivity index is 2.39. The molecule has 0 saturated heterocycles. The summed E-state index contributed by atoms with van der Waals surface area (Å²) in [5, 5.41) is 1.60. The number of hydrogen-bond donors (Lipinski definition) is 0. The van der Waals surface area contributed by atoms with Crippen molar-refractivity contribution in [3.63, 3.8) is 0 Å². The topological polar surface area (TPSA) is 52.0 Å². The zero-order valence-electron chi connectivity index (χ0n) is 12.1. The van der Waals surface area contributed by atoms with E-state index in [1.54, 1.807) is 12.3 Å². The van der Waals surface area contributed by atoms with Crippen molar-refractivity contribution in [3.05, 3.63) is 68.9 Å². The van der Waals surface area contributed by atoms with Crippen LogP contribution in [0.15, 0.2) is 41.5 Å². The smallest absolute Gasteiger partial charge is 0.263 e. The lowest BCUT2D eigenvalue weighted by Gasteiger charge is -2.11. The van der Waals surface area contributed by atoms with Gasteiger partial charge in [-0.05, 0) is 36.9 Å². The highest BCUT2D eigenvalue weighted by Crippen LogP contribution is 2.21. The monoisotopic (exact) mass is 312 g/mol. The molecule has 0 fully saturated rings. The second-order valence-electron chi connectivity index (χ2n) is 5.19. The summed E-state index contributed by atoms with van der Waals surface area (Å²) < 4.78 is 1.43. The summed E-state index contributed by atoms with van der Waals surface area (Å²) in [7, 11) is 0. The molecular formula is C17H13ClN2O2. The van der Waals surface area contributed by atoms with E-state index in [0.29, 0.717) is 17.4 Å². The lowest BCUT2D eigenvalue weighted by Crippen LogP contribution is -2.20. The third kappa shape index (κ3) is 2.22. The fourth-order valence-electron chi connectivity index (χ4n) is 2.71. The standard InChI is InChI=1S/C17H13ClN2O2/c1-10-7-11(2)15-12(8-10)4-6-20(17(15)22)14-3-5-19-16(18)13(14)9-21/h3-9H,1-2H3.